The number of carbonyl (C=O) groups is 1. The van der Waals surface area contributed by atoms with Crippen LogP contribution < -0.4 is 5.32 Å². The molecular formula is C17H14FN3OS2. The summed E-state index contributed by atoms with van der Waals surface area (Å²) in [7, 11) is 0. The maximum absolute atomic E-state index is 13.6. The topological polar surface area (TPSA) is 54.9 Å². The molecule has 1 aromatic heterocycles. The van der Waals surface area contributed by atoms with Gasteiger partial charge in [-0.25, -0.2) is 4.39 Å². The molecule has 0 unspecified atom stereocenters. The van der Waals surface area contributed by atoms with E-state index in [-0.39, 0.29) is 16.9 Å². The van der Waals surface area contributed by atoms with Gasteiger partial charge in [0.15, 0.2) is 10.1 Å². The molecule has 0 amide bonds. The summed E-state index contributed by atoms with van der Waals surface area (Å²) in [4.78, 5) is 12.4. The third kappa shape index (κ3) is 3.98. The highest BCUT2D eigenvalue weighted by molar-refractivity contribution is 8.02. The molecule has 1 atom stereocenters. The Morgan fingerprint density at radius 2 is 1.83 bits per heavy atom. The third-order valence-corrected chi connectivity index (χ3v) is 5.25. The fourth-order valence-electron chi connectivity index (χ4n) is 2.03. The van der Waals surface area contributed by atoms with Crippen molar-refractivity contribution < 1.29 is 9.18 Å². The maximum atomic E-state index is 13.6. The molecule has 3 aromatic rings. The van der Waals surface area contributed by atoms with Crippen LogP contribution in [0.15, 0.2) is 58.9 Å². The molecular weight excluding hydrogens is 345 g/mol. The molecule has 24 heavy (non-hydrogen) atoms. The smallest absolute Gasteiger partial charge is 0.210 e. The van der Waals surface area contributed by atoms with Crippen LogP contribution in [0.2, 0.25) is 0 Å². The lowest BCUT2D eigenvalue weighted by atomic mass is 10.1. The molecule has 1 N–H and O–H groups in total. The van der Waals surface area contributed by atoms with Crippen LogP contribution >= 0.6 is 23.1 Å². The molecule has 7 heteroatoms. The third-order valence-electron chi connectivity index (χ3n) is 3.23. The zero-order chi connectivity index (χ0) is 16.9. The minimum Gasteiger partial charge on any atom is -0.328 e. The summed E-state index contributed by atoms with van der Waals surface area (Å²) in [5, 5.41) is 11.2. The lowest BCUT2D eigenvalue weighted by molar-refractivity contribution is 0.0994. The summed E-state index contributed by atoms with van der Waals surface area (Å²) in [6.07, 6.45) is 0. The first-order chi connectivity index (χ1) is 11.6. The van der Waals surface area contributed by atoms with E-state index >= 15 is 0 Å². The van der Waals surface area contributed by atoms with Crippen LogP contribution in [0.1, 0.15) is 17.3 Å². The van der Waals surface area contributed by atoms with Crippen LogP contribution in [0.3, 0.4) is 0 Å². The van der Waals surface area contributed by atoms with Crippen molar-refractivity contribution in [3.05, 3.63) is 66.0 Å². The summed E-state index contributed by atoms with van der Waals surface area (Å²) in [5.74, 6) is -0.311. The summed E-state index contributed by atoms with van der Waals surface area (Å²) in [5.41, 5.74) is 1.02. The number of para-hydroxylation sites is 1. The van der Waals surface area contributed by atoms with E-state index in [1.165, 1.54) is 29.2 Å². The van der Waals surface area contributed by atoms with Crippen LogP contribution in [0, 0.1) is 5.82 Å². The van der Waals surface area contributed by atoms with Gasteiger partial charge in [-0.3, -0.25) is 4.79 Å². The number of carbonyl (C=O) groups excluding carboxylic acids is 1. The predicted octanol–water partition coefficient (Wildman–Crippen LogP) is 4.78. The first kappa shape index (κ1) is 16.6. The molecule has 122 valence electrons. The van der Waals surface area contributed by atoms with Crippen LogP contribution in [0.25, 0.3) is 0 Å². The molecule has 2 aromatic carbocycles. The largest absolute Gasteiger partial charge is 0.328 e. The van der Waals surface area contributed by atoms with Crippen molar-refractivity contribution in [3.63, 3.8) is 0 Å². The summed E-state index contributed by atoms with van der Waals surface area (Å²) < 4.78 is 14.3. The van der Waals surface area contributed by atoms with E-state index in [4.69, 9.17) is 0 Å². The van der Waals surface area contributed by atoms with E-state index in [2.05, 4.69) is 15.5 Å². The Bertz CT molecular complexity index is 839. The van der Waals surface area contributed by atoms with Gasteiger partial charge in [-0.1, -0.05) is 65.6 Å². The Hall–Kier alpha value is -2.25. The molecule has 0 aliphatic carbocycles. The van der Waals surface area contributed by atoms with Crippen molar-refractivity contribution in [1.82, 2.24) is 10.2 Å². The number of nitrogens with one attached hydrogen (secondary N) is 1. The minimum absolute atomic E-state index is 0.0411. The highest BCUT2D eigenvalue weighted by Crippen LogP contribution is 2.32. The highest BCUT2D eigenvalue weighted by Gasteiger charge is 2.18. The van der Waals surface area contributed by atoms with Crippen molar-refractivity contribution in [3.8, 4) is 0 Å². The van der Waals surface area contributed by atoms with Crippen molar-refractivity contribution in [2.24, 2.45) is 0 Å². The molecule has 0 aliphatic heterocycles. The number of anilines is 2. The SMILES string of the molecule is C[C@@H](Sc1nnc(Nc2ccccc2F)s1)C(=O)c1ccccc1. The minimum atomic E-state index is -0.352. The molecule has 1 heterocycles. The molecule has 0 saturated heterocycles. The first-order valence-electron chi connectivity index (χ1n) is 7.24. The van der Waals surface area contributed by atoms with Gasteiger partial charge in [0.1, 0.15) is 5.82 Å². The van der Waals surface area contributed by atoms with Gasteiger partial charge in [0.2, 0.25) is 5.13 Å². The van der Waals surface area contributed by atoms with Crippen molar-refractivity contribution in [1.29, 1.82) is 0 Å². The van der Waals surface area contributed by atoms with Crippen molar-refractivity contribution in [2.75, 3.05) is 5.32 Å². The lowest BCUT2D eigenvalue weighted by Crippen LogP contribution is -2.13. The highest BCUT2D eigenvalue weighted by atomic mass is 32.2. The Kier molecular flexibility index (Phi) is 5.22. The molecule has 4 nitrogen and oxygen atoms in total. The fraction of sp³-hybridized carbons (Fsp3) is 0.118. The number of halogens is 1. The predicted molar refractivity (Wildman–Crippen MR) is 95.7 cm³/mol. The number of rotatable bonds is 6. The van der Waals surface area contributed by atoms with Crippen LogP contribution in [-0.4, -0.2) is 21.2 Å². The quantitative estimate of drug-likeness (QED) is 0.507. The van der Waals surface area contributed by atoms with Gasteiger partial charge in [0.25, 0.3) is 0 Å². The number of nitrogens with zero attached hydrogens (tertiary/aromatic N) is 2. The summed E-state index contributed by atoms with van der Waals surface area (Å²) in [6, 6.07) is 15.5. The summed E-state index contributed by atoms with van der Waals surface area (Å²) >= 11 is 2.63. The Balaban J connectivity index is 1.66. The normalized spacial score (nSPS) is 11.9. The molecule has 0 bridgehead atoms. The molecule has 0 fully saturated rings. The Morgan fingerprint density at radius 1 is 1.12 bits per heavy atom. The van der Waals surface area contributed by atoms with E-state index in [1.807, 2.05) is 25.1 Å². The molecule has 0 spiro atoms. The second-order valence-electron chi connectivity index (χ2n) is 4.97. The summed E-state index contributed by atoms with van der Waals surface area (Å²) in [6.45, 7) is 1.84. The second kappa shape index (κ2) is 7.55. The monoisotopic (exact) mass is 359 g/mol. The molecule has 0 saturated carbocycles. The average Bonchev–Trinajstić information content (AvgIpc) is 3.04. The van der Waals surface area contributed by atoms with Crippen LogP contribution in [0.4, 0.5) is 15.2 Å². The van der Waals surface area contributed by atoms with Gasteiger partial charge in [0.05, 0.1) is 10.9 Å². The van der Waals surface area contributed by atoms with E-state index in [9.17, 15) is 9.18 Å². The number of hydrogen-bond donors (Lipinski definition) is 1. The van der Waals surface area contributed by atoms with E-state index in [1.54, 1.807) is 30.3 Å². The van der Waals surface area contributed by atoms with Crippen molar-refractivity contribution >= 4 is 39.7 Å². The second-order valence-corrected chi connectivity index (χ2v) is 7.53. The zero-order valence-electron chi connectivity index (χ0n) is 12.8. The number of thioether (sulfide) groups is 1. The molecule has 0 aliphatic rings. The van der Waals surface area contributed by atoms with Gasteiger partial charge >= 0.3 is 0 Å². The van der Waals surface area contributed by atoms with Gasteiger partial charge < -0.3 is 5.32 Å². The van der Waals surface area contributed by atoms with E-state index < -0.39 is 0 Å². The molecule has 0 radical (unpaired) electrons. The van der Waals surface area contributed by atoms with Crippen LogP contribution in [0.5, 0.6) is 0 Å². The Labute approximate surface area is 147 Å². The maximum Gasteiger partial charge on any atom is 0.210 e. The fourth-order valence-corrected chi connectivity index (χ4v) is 4.01. The number of Topliss-reactive ketones (excluding diaryl/α,β-unsaturated/α-hetero) is 1. The molecule has 3 rings (SSSR count). The number of hydrogen-bond acceptors (Lipinski definition) is 6. The van der Waals surface area contributed by atoms with Gasteiger partial charge in [-0.15, -0.1) is 10.2 Å². The zero-order valence-corrected chi connectivity index (χ0v) is 14.4. The number of ketones is 1. The van der Waals surface area contributed by atoms with E-state index in [0.29, 0.717) is 20.7 Å². The average molecular weight is 359 g/mol. The van der Waals surface area contributed by atoms with Gasteiger partial charge in [0, 0.05) is 5.56 Å². The first-order valence-corrected chi connectivity index (χ1v) is 8.94. The lowest BCUT2D eigenvalue weighted by Gasteiger charge is -2.07. The van der Waals surface area contributed by atoms with Gasteiger partial charge in [-0.05, 0) is 19.1 Å². The number of benzene rings is 2. The Morgan fingerprint density at radius 3 is 2.58 bits per heavy atom. The van der Waals surface area contributed by atoms with Crippen LogP contribution in [-0.2, 0) is 0 Å². The van der Waals surface area contributed by atoms with Crippen molar-refractivity contribution in [2.45, 2.75) is 16.5 Å². The number of aromatic nitrogens is 2. The van der Waals surface area contributed by atoms with Gasteiger partial charge in [-0.2, -0.15) is 0 Å². The van der Waals surface area contributed by atoms with E-state index in [0.717, 1.165) is 0 Å². The standard InChI is InChI=1S/C17H14FN3OS2/c1-11(15(22)12-7-3-2-4-8-12)23-17-21-20-16(24-17)19-14-10-6-5-9-13(14)18/h2-11H,1H3,(H,19,20)/t11-/m1/s1.